The Kier molecular flexibility index (Phi) is 4.46. The number of hydrogen-bond acceptors (Lipinski definition) is 2. The van der Waals surface area contributed by atoms with Crippen molar-refractivity contribution >= 4 is 11.6 Å². The van der Waals surface area contributed by atoms with Crippen molar-refractivity contribution < 1.29 is 4.79 Å². The number of hydrogen-bond donors (Lipinski definition) is 2. The molecule has 0 bridgehead atoms. The van der Waals surface area contributed by atoms with Gasteiger partial charge in [0.2, 0.25) is 0 Å². The van der Waals surface area contributed by atoms with Crippen LogP contribution < -0.4 is 10.6 Å². The molecule has 0 aliphatic heterocycles. The first-order valence-electron chi connectivity index (χ1n) is 7.19. The maximum atomic E-state index is 11.6. The number of benzene rings is 1. The van der Waals surface area contributed by atoms with Crippen LogP contribution in [0.4, 0.5) is 5.69 Å². The molecule has 1 aliphatic rings. The number of rotatable bonds is 5. The van der Waals surface area contributed by atoms with Crippen molar-refractivity contribution in [3.05, 3.63) is 29.3 Å². The highest BCUT2D eigenvalue weighted by Gasteiger charge is 2.20. The Morgan fingerprint density at radius 1 is 1.42 bits per heavy atom. The predicted molar refractivity (Wildman–Crippen MR) is 79.6 cm³/mol. The van der Waals surface area contributed by atoms with E-state index in [0.29, 0.717) is 6.04 Å². The Hall–Kier alpha value is -1.51. The van der Waals surface area contributed by atoms with Gasteiger partial charge in [0.15, 0.2) is 0 Å². The number of aryl methyl sites for hydroxylation is 1. The molecule has 1 aromatic rings. The third-order valence-electron chi connectivity index (χ3n) is 4.03. The van der Waals surface area contributed by atoms with Gasteiger partial charge >= 0.3 is 0 Å². The van der Waals surface area contributed by atoms with Gasteiger partial charge in [0.25, 0.3) is 5.91 Å². The minimum atomic E-state index is -0.0304. The molecule has 0 spiro atoms. The smallest absolute Gasteiger partial charge is 0.251 e. The lowest BCUT2D eigenvalue weighted by molar-refractivity contribution is 0.0963. The molecule has 1 amide bonds. The average Bonchev–Trinajstić information content (AvgIpc) is 2.35. The summed E-state index contributed by atoms with van der Waals surface area (Å²) in [6.07, 6.45) is 5.43. The van der Waals surface area contributed by atoms with Gasteiger partial charge < -0.3 is 10.6 Å². The number of anilines is 1. The van der Waals surface area contributed by atoms with Gasteiger partial charge in [-0.25, -0.2) is 0 Å². The van der Waals surface area contributed by atoms with Gasteiger partial charge in [0, 0.05) is 24.3 Å². The van der Waals surface area contributed by atoms with Gasteiger partial charge in [-0.15, -0.1) is 0 Å². The van der Waals surface area contributed by atoms with Crippen LogP contribution in [0.15, 0.2) is 18.2 Å². The second kappa shape index (κ2) is 6.09. The highest BCUT2D eigenvalue weighted by atomic mass is 16.1. The first kappa shape index (κ1) is 13.9. The molecule has 1 aromatic carbocycles. The molecule has 3 heteroatoms. The zero-order valence-corrected chi connectivity index (χ0v) is 12.1. The Morgan fingerprint density at radius 2 is 2.16 bits per heavy atom. The summed E-state index contributed by atoms with van der Waals surface area (Å²) in [5.74, 6) is 0.880. The van der Waals surface area contributed by atoms with Crippen molar-refractivity contribution in [3.63, 3.8) is 0 Å². The van der Waals surface area contributed by atoms with Crippen molar-refractivity contribution in [2.24, 2.45) is 5.92 Å². The zero-order valence-electron chi connectivity index (χ0n) is 12.1. The lowest BCUT2D eigenvalue weighted by Crippen LogP contribution is -2.23. The van der Waals surface area contributed by atoms with E-state index >= 15 is 0 Å². The van der Waals surface area contributed by atoms with Crippen molar-refractivity contribution in [2.45, 2.75) is 45.6 Å². The van der Waals surface area contributed by atoms with Gasteiger partial charge in [0.1, 0.15) is 0 Å². The summed E-state index contributed by atoms with van der Waals surface area (Å²) in [5, 5.41) is 6.21. The fourth-order valence-corrected chi connectivity index (χ4v) is 2.66. The van der Waals surface area contributed by atoms with Crippen LogP contribution in [0, 0.1) is 12.8 Å². The fraction of sp³-hybridized carbons (Fsp3) is 0.562. The van der Waals surface area contributed by atoms with Gasteiger partial charge in [-0.2, -0.15) is 0 Å². The van der Waals surface area contributed by atoms with E-state index in [2.05, 4.69) is 17.6 Å². The van der Waals surface area contributed by atoms with Crippen LogP contribution in [0.5, 0.6) is 0 Å². The Balaban J connectivity index is 1.97. The molecule has 0 aromatic heterocycles. The molecule has 1 fully saturated rings. The quantitative estimate of drug-likeness (QED) is 0.852. The molecule has 2 rings (SSSR count). The fourth-order valence-electron chi connectivity index (χ4n) is 2.66. The maximum Gasteiger partial charge on any atom is 0.251 e. The van der Waals surface area contributed by atoms with Gasteiger partial charge in [-0.3, -0.25) is 4.79 Å². The van der Waals surface area contributed by atoms with Crippen LogP contribution in [-0.2, 0) is 0 Å². The van der Waals surface area contributed by atoms with Crippen LogP contribution in [-0.4, -0.2) is 19.0 Å². The lowest BCUT2D eigenvalue weighted by atomic mass is 9.81. The molecule has 1 saturated carbocycles. The van der Waals surface area contributed by atoms with E-state index in [1.807, 2.05) is 25.1 Å². The second-order valence-electron chi connectivity index (χ2n) is 5.69. The Bertz CT molecular complexity index is 452. The van der Waals surface area contributed by atoms with E-state index in [1.54, 1.807) is 7.05 Å². The minimum Gasteiger partial charge on any atom is -0.382 e. The van der Waals surface area contributed by atoms with Crippen LogP contribution >= 0.6 is 0 Å². The molecule has 0 heterocycles. The predicted octanol–water partition coefficient (Wildman–Crippen LogP) is 3.35. The first-order valence-corrected chi connectivity index (χ1v) is 7.19. The first-order chi connectivity index (χ1) is 9.10. The van der Waals surface area contributed by atoms with Crippen LogP contribution in [0.25, 0.3) is 0 Å². The number of carbonyl (C=O) groups is 1. The summed E-state index contributed by atoms with van der Waals surface area (Å²) in [4.78, 5) is 11.6. The van der Waals surface area contributed by atoms with E-state index in [0.717, 1.165) is 22.7 Å². The Morgan fingerprint density at radius 3 is 2.68 bits per heavy atom. The molecule has 0 saturated heterocycles. The van der Waals surface area contributed by atoms with Crippen molar-refractivity contribution in [3.8, 4) is 0 Å². The topological polar surface area (TPSA) is 41.1 Å². The van der Waals surface area contributed by atoms with E-state index in [-0.39, 0.29) is 5.91 Å². The molecule has 104 valence electrons. The summed E-state index contributed by atoms with van der Waals surface area (Å²) in [6.45, 7) is 4.29. The standard InChI is InChI=1S/C16H24N2O/c1-11-9-14(16(19)17-3)7-8-15(11)18-12(2)10-13-5-4-6-13/h7-9,12-13,18H,4-6,10H2,1-3H3,(H,17,19). The minimum absolute atomic E-state index is 0.0304. The molecule has 1 unspecified atom stereocenters. The molecule has 3 nitrogen and oxygen atoms in total. The third-order valence-corrected chi connectivity index (χ3v) is 4.03. The van der Waals surface area contributed by atoms with Gasteiger partial charge in [0.05, 0.1) is 0 Å². The highest BCUT2D eigenvalue weighted by molar-refractivity contribution is 5.94. The summed E-state index contributed by atoms with van der Waals surface area (Å²) in [6, 6.07) is 6.33. The SMILES string of the molecule is CNC(=O)c1ccc(NC(C)CC2CCC2)c(C)c1. The Labute approximate surface area is 115 Å². The van der Waals surface area contributed by atoms with E-state index in [1.165, 1.54) is 25.7 Å². The largest absolute Gasteiger partial charge is 0.382 e. The summed E-state index contributed by atoms with van der Waals surface area (Å²) >= 11 is 0. The maximum absolute atomic E-state index is 11.6. The van der Waals surface area contributed by atoms with Crippen LogP contribution in [0.2, 0.25) is 0 Å². The molecule has 19 heavy (non-hydrogen) atoms. The normalized spacial score (nSPS) is 16.6. The zero-order chi connectivity index (χ0) is 13.8. The van der Waals surface area contributed by atoms with Crippen LogP contribution in [0.1, 0.15) is 48.5 Å². The summed E-state index contributed by atoms with van der Waals surface area (Å²) < 4.78 is 0. The highest BCUT2D eigenvalue weighted by Crippen LogP contribution is 2.31. The average molecular weight is 260 g/mol. The molecule has 1 aliphatic carbocycles. The summed E-state index contributed by atoms with van der Waals surface area (Å²) in [7, 11) is 1.66. The molecule has 2 N–H and O–H groups in total. The molecule has 0 radical (unpaired) electrons. The third kappa shape index (κ3) is 3.49. The molecule has 1 atom stereocenters. The monoisotopic (exact) mass is 260 g/mol. The van der Waals surface area contributed by atoms with E-state index < -0.39 is 0 Å². The van der Waals surface area contributed by atoms with E-state index in [4.69, 9.17) is 0 Å². The summed E-state index contributed by atoms with van der Waals surface area (Å²) in [5.41, 5.74) is 2.98. The lowest BCUT2D eigenvalue weighted by Gasteiger charge is -2.29. The molecular weight excluding hydrogens is 236 g/mol. The number of amides is 1. The number of nitrogens with one attached hydrogen (secondary N) is 2. The van der Waals surface area contributed by atoms with Gasteiger partial charge in [-0.05, 0) is 49.9 Å². The number of carbonyl (C=O) groups excluding carboxylic acids is 1. The van der Waals surface area contributed by atoms with Crippen molar-refractivity contribution in [2.75, 3.05) is 12.4 Å². The molecular formula is C16H24N2O. The van der Waals surface area contributed by atoms with Crippen molar-refractivity contribution in [1.82, 2.24) is 5.32 Å². The van der Waals surface area contributed by atoms with E-state index in [9.17, 15) is 4.79 Å². The second-order valence-corrected chi connectivity index (χ2v) is 5.69. The van der Waals surface area contributed by atoms with Crippen LogP contribution in [0.3, 0.4) is 0 Å². The van der Waals surface area contributed by atoms with Crippen molar-refractivity contribution in [1.29, 1.82) is 0 Å². The van der Waals surface area contributed by atoms with Gasteiger partial charge in [-0.1, -0.05) is 19.3 Å².